The van der Waals surface area contributed by atoms with Crippen LogP contribution in [0.1, 0.15) is 30.0 Å². The Labute approximate surface area is 95.0 Å². The molecule has 0 aliphatic heterocycles. The van der Waals surface area contributed by atoms with Crippen LogP contribution in [0.15, 0.2) is 0 Å². The van der Waals surface area contributed by atoms with Gasteiger partial charge in [-0.2, -0.15) is 0 Å². The second-order valence-electron chi connectivity index (χ2n) is 3.27. The first-order valence-corrected chi connectivity index (χ1v) is 5.12. The predicted molar refractivity (Wildman–Crippen MR) is 66.2 cm³/mol. The van der Waals surface area contributed by atoms with Crippen molar-refractivity contribution in [3.63, 3.8) is 0 Å². The maximum absolute atomic E-state index is 10.8. The molecule has 15 heavy (non-hydrogen) atoms. The smallest absolute Gasteiger partial charge is 0.220 e. The van der Waals surface area contributed by atoms with E-state index in [0.29, 0.717) is 25.6 Å². The van der Waals surface area contributed by atoms with Gasteiger partial charge in [0.1, 0.15) is 0 Å². The fourth-order valence-electron chi connectivity index (χ4n) is 0.700. The summed E-state index contributed by atoms with van der Waals surface area (Å²) in [6, 6.07) is 0.441. The summed E-state index contributed by atoms with van der Waals surface area (Å²) in [7, 11) is 0. The van der Waals surface area contributed by atoms with Gasteiger partial charge in [-0.05, 0) is 25.7 Å². The summed E-state index contributed by atoms with van der Waals surface area (Å²) in [5.74, 6) is 11.0. The van der Waals surface area contributed by atoms with Gasteiger partial charge < -0.3 is 10.6 Å². The number of amides is 1. The average molecular weight is 210 g/mol. The molecule has 0 heterocycles. The number of carbonyl (C=O) groups is 1. The molecule has 0 fully saturated rings. The summed E-state index contributed by atoms with van der Waals surface area (Å²) in [6.07, 6.45) is 0.492. The summed E-state index contributed by atoms with van der Waals surface area (Å²) in [4.78, 5) is 10.8. The molecule has 3 heteroatoms. The van der Waals surface area contributed by atoms with E-state index in [1.807, 2.05) is 0 Å². The lowest BCUT2D eigenvalue weighted by atomic mass is 10.4. The van der Waals surface area contributed by atoms with E-state index in [4.69, 9.17) is 0 Å². The Morgan fingerprint density at radius 3 is 2.40 bits per heavy atom. The van der Waals surface area contributed by atoms with Gasteiger partial charge in [-0.3, -0.25) is 4.79 Å². The Bertz CT molecular complexity index is 308. The lowest BCUT2D eigenvalue weighted by Gasteiger charge is -2.00. The van der Waals surface area contributed by atoms with E-state index < -0.39 is 0 Å². The first kappa shape index (κ1) is 13.5. The first-order chi connectivity index (χ1) is 7.16. The SMILES string of the molecule is CCC(=O)NCC#CC#CCNC(C)C.[HH].[HH]. The van der Waals surface area contributed by atoms with Gasteiger partial charge in [-0.1, -0.05) is 18.8 Å². The van der Waals surface area contributed by atoms with E-state index in [0.717, 1.165) is 0 Å². The third kappa shape index (κ3) is 10.5. The molecule has 0 rings (SSSR count). The topological polar surface area (TPSA) is 41.1 Å². The highest BCUT2D eigenvalue weighted by molar-refractivity contribution is 5.75. The minimum Gasteiger partial charge on any atom is -0.345 e. The molecule has 0 aliphatic carbocycles. The molecule has 0 saturated heterocycles. The number of nitrogens with one attached hydrogen (secondary N) is 2. The molecule has 0 atom stereocenters. The fourth-order valence-corrected chi connectivity index (χ4v) is 0.700. The van der Waals surface area contributed by atoms with Crippen molar-refractivity contribution in [2.75, 3.05) is 13.1 Å². The van der Waals surface area contributed by atoms with Crippen molar-refractivity contribution in [2.45, 2.75) is 33.2 Å². The van der Waals surface area contributed by atoms with Crippen molar-refractivity contribution in [1.29, 1.82) is 0 Å². The molecule has 0 aromatic rings. The Morgan fingerprint density at radius 2 is 1.87 bits per heavy atom. The normalized spacial score (nSPS) is 8.53. The van der Waals surface area contributed by atoms with Crippen LogP contribution in [0.2, 0.25) is 0 Å². The minimum absolute atomic E-state index is 0. The highest BCUT2D eigenvalue weighted by atomic mass is 16.1. The maximum Gasteiger partial charge on any atom is 0.220 e. The molecule has 2 N–H and O–H groups in total. The molecule has 1 amide bonds. The zero-order chi connectivity index (χ0) is 11.5. The van der Waals surface area contributed by atoms with E-state index in [2.05, 4.69) is 48.2 Å². The highest BCUT2D eigenvalue weighted by Gasteiger charge is 1.90. The van der Waals surface area contributed by atoms with Crippen LogP contribution in [-0.4, -0.2) is 25.0 Å². The van der Waals surface area contributed by atoms with Crippen molar-refractivity contribution >= 4 is 5.91 Å². The number of carbonyl (C=O) groups excluding carboxylic acids is 1. The van der Waals surface area contributed by atoms with Crippen LogP contribution < -0.4 is 10.6 Å². The lowest BCUT2D eigenvalue weighted by Crippen LogP contribution is -2.22. The monoisotopic (exact) mass is 210 g/mol. The second-order valence-corrected chi connectivity index (χ2v) is 3.27. The van der Waals surface area contributed by atoms with E-state index in [1.165, 1.54) is 0 Å². The zero-order valence-corrected chi connectivity index (χ0v) is 9.61. The number of rotatable bonds is 4. The highest BCUT2D eigenvalue weighted by Crippen LogP contribution is 1.73. The van der Waals surface area contributed by atoms with Crippen molar-refractivity contribution in [3.8, 4) is 23.7 Å². The van der Waals surface area contributed by atoms with Gasteiger partial charge in [0.25, 0.3) is 0 Å². The van der Waals surface area contributed by atoms with Crippen LogP contribution in [0.3, 0.4) is 0 Å². The van der Waals surface area contributed by atoms with Crippen molar-refractivity contribution < 1.29 is 7.65 Å². The molecule has 0 saturated carbocycles. The Hall–Kier alpha value is -1.45. The van der Waals surface area contributed by atoms with E-state index in [1.54, 1.807) is 6.92 Å². The summed E-state index contributed by atoms with van der Waals surface area (Å²) >= 11 is 0. The van der Waals surface area contributed by atoms with Gasteiger partial charge in [0, 0.05) is 15.3 Å². The van der Waals surface area contributed by atoms with E-state index in [9.17, 15) is 4.79 Å². The number of hydrogen-bond donors (Lipinski definition) is 2. The molecule has 0 spiro atoms. The lowest BCUT2D eigenvalue weighted by molar-refractivity contribution is -0.120. The van der Waals surface area contributed by atoms with Crippen LogP contribution in [0.5, 0.6) is 0 Å². The Balaban J connectivity index is -0.000000980. The summed E-state index contributed by atoms with van der Waals surface area (Å²) < 4.78 is 0. The van der Waals surface area contributed by atoms with Crippen molar-refractivity contribution in [3.05, 3.63) is 0 Å². The maximum atomic E-state index is 10.8. The summed E-state index contributed by atoms with van der Waals surface area (Å²) in [6.45, 7) is 6.95. The molecule has 0 radical (unpaired) electrons. The zero-order valence-electron chi connectivity index (χ0n) is 9.61. The molecule has 86 valence electrons. The van der Waals surface area contributed by atoms with E-state index in [-0.39, 0.29) is 8.76 Å². The van der Waals surface area contributed by atoms with Gasteiger partial charge in [0.05, 0.1) is 13.1 Å². The van der Waals surface area contributed by atoms with Crippen LogP contribution in [0.4, 0.5) is 0 Å². The molecular weight excluding hydrogens is 188 g/mol. The average Bonchev–Trinajstić information content (AvgIpc) is 2.21. The molecular formula is C12H22N2O. The largest absolute Gasteiger partial charge is 0.345 e. The molecule has 0 unspecified atom stereocenters. The van der Waals surface area contributed by atoms with Gasteiger partial charge in [-0.15, -0.1) is 0 Å². The minimum atomic E-state index is 0. The van der Waals surface area contributed by atoms with Crippen LogP contribution in [0.25, 0.3) is 0 Å². The van der Waals surface area contributed by atoms with Crippen molar-refractivity contribution in [2.24, 2.45) is 0 Å². The Kier molecular flexibility index (Phi) is 8.24. The third-order valence-corrected chi connectivity index (χ3v) is 1.53. The van der Waals surface area contributed by atoms with Crippen molar-refractivity contribution in [1.82, 2.24) is 10.6 Å². The molecule has 3 nitrogen and oxygen atoms in total. The summed E-state index contributed by atoms with van der Waals surface area (Å²) in [5.41, 5.74) is 0. The van der Waals surface area contributed by atoms with Gasteiger partial charge in [-0.25, -0.2) is 0 Å². The standard InChI is InChI=1S/C12H18N2O.2H2/c1-4-12(15)14-10-8-6-5-7-9-13-11(2)3;;/h11,13H,4,9-10H2,1-3H3,(H,14,15);2*1H. The fraction of sp³-hybridized carbons (Fsp3) is 0.583. The van der Waals surface area contributed by atoms with Gasteiger partial charge in [0.2, 0.25) is 5.91 Å². The van der Waals surface area contributed by atoms with Gasteiger partial charge in [0.15, 0.2) is 0 Å². The molecule has 0 aromatic heterocycles. The third-order valence-electron chi connectivity index (χ3n) is 1.53. The van der Waals surface area contributed by atoms with Crippen LogP contribution >= 0.6 is 0 Å². The molecule has 0 aromatic carbocycles. The molecule has 0 bridgehead atoms. The Morgan fingerprint density at radius 1 is 1.27 bits per heavy atom. The van der Waals surface area contributed by atoms with Crippen LogP contribution in [0, 0.1) is 23.7 Å². The van der Waals surface area contributed by atoms with Gasteiger partial charge >= 0.3 is 0 Å². The van der Waals surface area contributed by atoms with E-state index >= 15 is 0 Å². The second kappa shape index (κ2) is 9.12. The first-order valence-electron chi connectivity index (χ1n) is 5.12. The quantitative estimate of drug-likeness (QED) is 0.680. The van der Waals surface area contributed by atoms with Crippen LogP contribution in [-0.2, 0) is 4.79 Å². The number of hydrogen-bond acceptors (Lipinski definition) is 2. The molecule has 0 aliphatic rings. The predicted octanol–water partition coefficient (Wildman–Crippen LogP) is 1.01. The summed E-state index contributed by atoms with van der Waals surface area (Å²) in [5, 5.41) is 5.80.